The van der Waals surface area contributed by atoms with Crippen LogP contribution < -0.4 is 5.32 Å². The fourth-order valence-electron chi connectivity index (χ4n) is 2.40. The normalized spacial score (nSPS) is 17.4. The lowest BCUT2D eigenvalue weighted by atomic mass is 10.2. The minimum absolute atomic E-state index is 0.234. The predicted molar refractivity (Wildman–Crippen MR) is 82.2 cm³/mol. The van der Waals surface area contributed by atoms with Crippen molar-refractivity contribution >= 4 is 17.4 Å². The molecule has 0 bridgehead atoms. The summed E-state index contributed by atoms with van der Waals surface area (Å²) in [7, 11) is 0. The van der Waals surface area contributed by atoms with E-state index in [9.17, 15) is 0 Å². The number of hydrogen-bond donors (Lipinski definition) is 2. The molecule has 0 aliphatic carbocycles. The molecule has 1 aromatic heterocycles. The first-order valence-corrected chi connectivity index (χ1v) is 7.55. The second kappa shape index (κ2) is 7.78. The van der Waals surface area contributed by atoms with Gasteiger partial charge in [0.15, 0.2) is 0 Å². The van der Waals surface area contributed by atoms with Crippen molar-refractivity contribution in [3.63, 3.8) is 0 Å². The zero-order chi connectivity index (χ0) is 14.4. The Labute approximate surface area is 125 Å². The molecule has 0 radical (unpaired) electrons. The van der Waals surface area contributed by atoms with Crippen LogP contribution in [0.4, 0.5) is 5.82 Å². The molecule has 0 amide bonds. The van der Waals surface area contributed by atoms with Gasteiger partial charge >= 0.3 is 0 Å². The van der Waals surface area contributed by atoms with Crippen LogP contribution in [-0.4, -0.2) is 65.8 Å². The lowest BCUT2D eigenvalue weighted by Crippen LogP contribution is -2.46. The highest BCUT2D eigenvalue weighted by atomic mass is 35.5. The van der Waals surface area contributed by atoms with E-state index in [1.807, 2.05) is 12.1 Å². The number of rotatable bonds is 6. The molecule has 2 rings (SSSR count). The molecule has 1 saturated heterocycles. The highest BCUT2D eigenvalue weighted by Gasteiger charge is 2.18. The minimum atomic E-state index is 0.234. The van der Waals surface area contributed by atoms with Crippen molar-refractivity contribution in [3.8, 4) is 0 Å². The van der Waals surface area contributed by atoms with Crippen LogP contribution in [0.3, 0.4) is 0 Å². The van der Waals surface area contributed by atoms with Gasteiger partial charge in [-0.25, -0.2) is 4.98 Å². The molecule has 1 fully saturated rings. The summed E-state index contributed by atoms with van der Waals surface area (Å²) < 4.78 is 0. The number of halogens is 1. The lowest BCUT2D eigenvalue weighted by molar-refractivity contribution is 0.108. The van der Waals surface area contributed by atoms with Gasteiger partial charge < -0.3 is 10.4 Å². The average Bonchev–Trinajstić information content (AvgIpc) is 2.45. The molecule has 2 N–H and O–H groups in total. The molecule has 1 aliphatic rings. The molecule has 2 heterocycles. The number of nitrogens with one attached hydrogen (secondary N) is 1. The number of pyridine rings is 1. The molecule has 20 heavy (non-hydrogen) atoms. The van der Waals surface area contributed by atoms with Crippen molar-refractivity contribution in [2.24, 2.45) is 0 Å². The molecule has 1 aliphatic heterocycles. The van der Waals surface area contributed by atoms with Crippen LogP contribution in [0.15, 0.2) is 12.1 Å². The molecular formula is C14H23ClN4O. The van der Waals surface area contributed by atoms with Crippen LogP contribution in [0.2, 0.25) is 5.02 Å². The van der Waals surface area contributed by atoms with E-state index in [1.165, 1.54) is 0 Å². The van der Waals surface area contributed by atoms with Crippen molar-refractivity contribution in [2.75, 3.05) is 51.2 Å². The number of hydrogen-bond acceptors (Lipinski definition) is 5. The van der Waals surface area contributed by atoms with Gasteiger partial charge in [-0.1, -0.05) is 11.6 Å². The van der Waals surface area contributed by atoms with Crippen molar-refractivity contribution in [1.29, 1.82) is 0 Å². The largest absolute Gasteiger partial charge is 0.395 e. The third-order valence-electron chi connectivity index (χ3n) is 3.53. The topological polar surface area (TPSA) is 51.6 Å². The number of β-amino-alcohol motifs (C(OH)–C–C–N with tert-alkyl or cyclic N) is 1. The zero-order valence-corrected chi connectivity index (χ0v) is 12.7. The highest BCUT2D eigenvalue weighted by Crippen LogP contribution is 2.19. The SMILES string of the molecule is CCNc1ccc(Cl)c(CN2CCN(CCO)CC2)n1. The van der Waals surface area contributed by atoms with Crippen LogP contribution in [-0.2, 0) is 6.54 Å². The second-order valence-electron chi connectivity index (χ2n) is 5.00. The number of aliphatic hydroxyl groups is 1. The van der Waals surface area contributed by atoms with Crippen LogP contribution in [0.5, 0.6) is 0 Å². The maximum Gasteiger partial charge on any atom is 0.126 e. The van der Waals surface area contributed by atoms with E-state index in [4.69, 9.17) is 16.7 Å². The number of anilines is 1. The molecule has 0 saturated carbocycles. The number of aliphatic hydroxyl groups excluding tert-OH is 1. The number of piperazine rings is 1. The summed E-state index contributed by atoms with van der Waals surface area (Å²) in [5.41, 5.74) is 0.931. The third-order valence-corrected chi connectivity index (χ3v) is 3.88. The molecule has 6 heteroatoms. The van der Waals surface area contributed by atoms with Crippen LogP contribution in [0.25, 0.3) is 0 Å². The Kier molecular flexibility index (Phi) is 6.04. The molecule has 1 aromatic rings. The second-order valence-corrected chi connectivity index (χ2v) is 5.40. The van der Waals surface area contributed by atoms with E-state index < -0.39 is 0 Å². The van der Waals surface area contributed by atoms with Crippen LogP contribution in [0, 0.1) is 0 Å². The number of aromatic nitrogens is 1. The first kappa shape index (κ1) is 15.5. The van der Waals surface area contributed by atoms with E-state index >= 15 is 0 Å². The smallest absolute Gasteiger partial charge is 0.126 e. The van der Waals surface area contributed by atoms with Gasteiger partial charge in [0, 0.05) is 45.8 Å². The molecule has 112 valence electrons. The fourth-order valence-corrected chi connectivity index (χ4v) is 2.56. The summed E-state index contributed by atoms with van der Waals surface area (Å²) in [5.74, 6) is 0.880. The summed E-state index contributed by atoms with van der Waals surface area (Å²) in [4.78, 5) is 9.21. The molecule has 0 spiro atoms. The monoisotopic (exact) mass is 298 g/mol. The van der Waals surface area contributed by atoms with E-state index in [0.717, 1.165) is 62.3 Å². The van der Waals surface area contributed by atoms with E-state index in [-0.39, 0.29) is 6.61 Å². The first-order chi connectivity index (χ1) is 9.72. The molecule has 0 atom stereocenters. The summed E-state index contributed by atoms with van der Waals surface area (Å²) >= 11 is 6.23. The van der Waals surface area contributed by atoms with Crippen molar-refractivity contribution in [2.45, 2.75) is 13.5 Å². The highest BCUT2D eigenvalue weighted by molar-refractivity contribution is 6.31. The minimum Gasteiger partial charge on any atom is -0.395 e. The van der Waals surface area contributed by atoms with Gasteiger partial charge in [0.2, 0.25) is 0 Å². The molecule has 0 aromatic carbocycles. The van der Waals surface area contributed by atoms with Gasteiger partial charge in [-0.05, 0) is 19.1 Å². The summed E-state index contributed by atoms with van der Waals surface area (Å²) in [6.07, 6.45) is 0. The van der Waals surface area contributed by atoms with E-state index in [0.29, 0.717) is 0 Å². The van der Waals surface area contributed by atoms with Crippen molar-refractivity contribution in [1.82, 2.24) is 14.8 Å². The average molecular weight is 299 g/mol. The molecular weight excluding hydrogens is 276 g/mol. The molecule has 0 unspecified atom stereocenters. The lowest BCUT2D eigenvalue weighted by Gasteiger charge is -2.34. The third kappa shape index (κ3) is 4.31. The maximum atomic E-state index is 8.95. The summed E-state index contributed by atoms with van der Waals surface area (Å²) in [6.45, 7) is 8.65. The van der Waals surface area contributed by atoms with Gasteiger partial charge in [0.1, 0.15) is 5.82 Å². The van der Waals surface area contributed by atoms with Crippen LogP contribution in [0.1, 0.15) is 12.6 Å². The van der Waals surface area contributed by atoms with Gasteiger partial charge in [-0.3, -0.25) is 9.80 Å². The van der Waals surface area contributed by atoms with Crippen molar-refractivity contribution < 1.29 is 5.11 Å². The Morgan fingerprint density at radius 2 is 1.95 bits per heavy atom. The fraction of sp³-hybridized carbons (Fsp3) is 0.643. The Morgan fingerprint density at radius 3 is 2.60 bits per heavy atom. The Balaban J connectivity index is 1.92. The zero-order valence-electron chi connectivity index (χ0n) is 12.0. The maximum absolute atomic E-state index is 8.95. The number of nitrogens with zero attached hydrogens (tertiary/aromatic N) is 3. The van der Waals surface area contributed by atoms with Crippen molar-refractivity contribution in [3.05, 3.63) is 22.8 Å². The quantitative estimate of drug-likeness (QED) is 0.828. The van der Waals surface area contributed by atoms with Gasteiger partial charge in [0.05, 0.1) is 17.3 Å². The van der Waals surface area contributed by atoms with Gasteiger partial charge in [-0.15, -0.1) is 0 Å². The summed E-state index contributed by atoms with van der Waals surface area (Å²) in [5, 5.41) is 12.9. The summed E-state index contributed by atoms with van der Waals surface area (Å²) in [6, 6.07) is 3.82. The predicted octanol–water partition coefficient (Wildman–Crippen LogP) is 1.28. The first-order valence-electron chi connectivity index (χ1n) is 7.17. The van der Waals surface area contributed by atoms with Crippen LogP contribution >= 0.6 is 11.6 Å². The van der Waals surface area contributed by atoms with Gasteiger partial charge in [-0.2, -0.15) is 0 Å². The van der Waals surface area contributed by atoms with Gasteiger partial charge in [0.25, 0.3) is 0 Å². The Hall–Kier alpha value is -0.880. The Bertz CT molecular complexity index is 422. The van der Waals surface area contributed by atoms with E-state index in [1.54, 1.807) is 0 Å². The molecule has 5 nitrogen and oxygen atoms in total. The van der Waals surface area contributed by atoms with E-state index in [2.05, 4.69) is 27.0 Å². The standard InChI is InChI=1S/C14H23ClN4O/c1-2-16-14-4-3-12(15)13(17-14)11-19-7-5-18(6-8-19)9-10-20/h3-4,20H,2,5-11H2,1H3,(H,16,17). The Morgan fingerprint density at radius 1 is 1.25 bits per heavy atom.